The van der Waals surface area contributed by atoms with Crippen LogP contribution in [0.1, 0.15) is 16.8 Å². The number of nitrogens with two attached hydrogens (primary N) is 1. The van der Waals surface area contributed by atoms with E-state index in [1.54, 1.807) is 4.98 Å². The molecule has 0 bridgehead atoms. The third kappa shape index (κ3) is 6.66. The van der Waals surface area contributed by atoms with Crippen LogP contribution in [-0.2, 0) is 23.7 Å². The zero-order valence-corrected chi connectivity index (χ0v) is 14.5. The smallest absolute Gasteiger partial charge is 0.475 e. The Morgan fingerprint density at radius 3 is 1.94 bits per heavy atom. The lowest BCUT2D eigenvalue weighted by Gasteiger charge is -2.16. The first-order chi connectivity index (χ1) is 13.9. The van der Waals surface area contributed by atoms with Gasteiger partial charge in [-0.1, -0.05) is 6.07 Å². The van der Waals surface area contributed by atoms with Crippen LogP contribution in [-0.4, -0.2) is 27.2 Å². The molecule has 1 aromatic heterocycles. The molecular formula is C15H9F10N3O3. The number of hydrogen-bond acceptors (Lipinski definition) is 4. The van der Waals surface area contributed by atoms with Crippen LogP contribution in [0.5, 0.6) is 0 Å². The minimum atomic E-state index is -5.09. The fourth-order valence-electron chi connectivity index (χ4n) is 1.97. The number of halogens is 10. The second-order valence-electron chi connectivity index (χ2n) is 5.44. The first-order valence-corrected chi connectivity index (χ1v) is 7.47. The summed E-state index contributed by atoms with van der Waals surface area (Å²) in [5.74, 6) is -5.45. The topological polar surface area (TPSA) is 109 Å². The second kappa shape index (κ2) is 8.91. The maximum atomic E-state index is 14.3. The van der Waals surface area contributed by atoms with Gasteiger partial charge in [-0.15, -0.1) is 0 Å². The molecule has 0 aliphatic heterocycles. The van der Waals surface area contributed by atoms with Gasteiger partial charge in [0.25, 0.3) is 5.56 Å². The van der Waals surface area contributed by atoms with Crippen LogP contribution in [0.15, 0.2) is 23.0 Å². The van der Waals surface area contributed by atoms with Crippen molar-refractivity contribution in [2.75, 3.05) is 0 Å². The highest BCUT2D eigenvalue weighted by atomic mass is 19.4. The molecule has 31 heavy (non-hydrogen) atoms. The Hall–Kier alpha value is -3.17. The maximum Gasteiger partial charge on any atom is 0.490 e. The van der Waals surface area contributed by atoms with E-state index in [0.717, 1.165) is 6.07 Å². The molecule has 0 fully saturated rings. The number of benzene rings is 1. The Kier molecular flexibility index (Phi) is 7.43. The van der Waals surface area contributed by atoms with Crippen molar-refractivity contribution < 1.29 is 53.8 Å². The van der Waals surface area contributed by atoms with Gasteiger partial charge >= 0.3 is 24.5 Å². The van der Waals surface area contributed by atoms with Crippen LogP contribution >= 0.6 is 0 Å². The van der Waals surface area contributed by atoms with E-state index in [9.17, 15) is 48.7 Å². The number of nitrogens with one attached hydrogen (secondary N) is 1. The normalized spacial score (nSPS) is 12.2. The van der Waals surface area contributed by atoms with Crippen molar-refractivity contribution in [3.63, 3.8) is 0 Å². The number of aromatic nitrogens is 2. The average Bonchev–Trinajstić information content (AvgIpc) is 2.59. The van der Waals surface area contributed by atoms with Crippen molar-refractivity contribution >= 4 is 5.97 Å². The quantitative estimate of drug-likeness (QED) is 0.582. The van der Waals surface area contributed by atoms with Crippen LogP contribution in [0, 0.1) is 5.82 Å². The molecule has 0 aliphatic rings. The number of carbonyl (C=O) groups is 1. The molecule has 0 saturated carbocycles. The number of hydrogen-bond donors (Lipinski definition) is 3. The molecule has 16 heteroatoms. The van der Waals surface area contributed by atoms with Crippen LogP contribution in [0.25, 0.3) is 11.4 Å². The van der Waals surface area contributed by atoms with Crippen molar-refractivity contribution in [2.45, 2.75) is 25.1 Å². The van der Waals surface area contributed by atoms with E-state index in [0.29, 0.717) is 6.07 Å². The van der Waals surface area contributed by atoms with Crippen LogP contribution < -0.4 is 11.3 Å². The van der Waals surface area contributed by atoms with E-state index in [1.807, 2.05) is 0 Å². The molecule has 0 atom stereocenters. The lowest BCUT2D eigenvalue weighted by atomic mass is 10.0. The molecule has 2 rings (SSSR count). The summed E-state index contributed by atoms with van der Waals surface area (Å²) >= 11 is 0. The summed E-state index contributed by atoms with van der Waals surface area (Å²) in [6.07, 6.45) is -15.3. The minimum absolute atomic E-state index is 0.0570. The Balaban J connectivity index is 0.000000592. The summed E-state index contributed by atoms with van der Waals surface area (Å²) in [5.41, 5.74) is -1.19. The van der Waals surface area contributed by atoms with Crippen molar-refractivity contribution in [1.29, 1.82) is 0 Å². The molecule has 0 amide bonds. The fraction of sp³-hybridized carbons (Fsp3) is 0.267. The standard InChI is InChI=1S/C13H8F7N3O.C2HF3O2/c14-10-5(4-21)1-2-6(12(15,16)17)9(10)11-22-7(13(18,19)20)3-8(24)23-11;3-2(4,5)1(6)7/h1-3H,4,21H2,(H,22,23,24);(H,6,7). The first-order valence-electron chi connectivity index (χ1n) is 7.47. The van der Waals surface area contributed by atoms with Gasteiger partial charge in [-0.2, -0.15) is 39.5 Å². The second-order valence-corrected chi connectivity index (χ2v) is 5.44. The van der Waals surface area contributed by atoms with Crippen LogP contribution in [0.4, 0.5) is 43.9 Å². The number of aliphatic carboxylic acids is 1. The van der Waals surface area contributed by atoms with Crippen LogP contribution in [0.2, 0.25) is 0 Å². The number of alkyl halides is 9. The molecule has 4 N–H and O–H groups in total. The summed E-state index contributed by atoms with van der Waals surface area (Å²) < 4.78 is 123. The lowest BCUT2D eigenvalue weighted by molar-refractivity contribution is -0.192. The summed E-state index contributed by atoms with van der Waals surface area (Å²) in [7, 11) is 0. The Bertz CT molecular complexity index is 1010. The van der Waals surface area contributed by atoms with Gasteiger partial charge in [0.15, 0.2) is 5.69 Å². The molecule has 1 heterocycles. The molecule has 172 valence electrons. The van der Waals surface area contributed by atoms with Crippen molar-refractivity contribution in [1.82, 2.24) is 9.97 Å². The number of carboxylic acids is 1. The summed E-state index contributed by atoms with van der Waals surface area (Å²) in [6.45, 7) is -0.500. The SMILES string of the molecule is NCc1ccc(C(F)(F)F)c(-c2nc(C(F)(F)F)cc(=O)[nH]2)c1F.O=C(O)C(F)(F)F. The molecular weight excluding hydrogens is 460 g/mol. The van der Waals surface area contributed by atoms with E-state index < -0.39 is 65.1 Å². The van der Waals surface area contributed by atoms with Gasteiger partial charge < -0.3 is 15.8 Å². The van der Waals surface area contributed by atoms with Gasteiger partial charge in [0.2, 0.25) is 0 Å². The molecule has 2 aromatic rings. The van der Waals surface area contributed by atoms with Gasteiger partial charge in [-0.05, 0) is 6.07 Å². The highest BCUT2D eigenvalue weighted by molar-refractivity contribution is 5.73. The maximum absolute atomic E-state index is 14.3. The highest BCUT2D eigenvalue weighted by Crippen LogP contribution is 2.38. The molecule has 0 unspecified atom stereocenters. The average molecular weight is 469 g/mol. The number of nitrogens with zero attached hydrogens (tertiary/aromatic N) is 1. The summed E-state index contributed by atoms with van der Waals surface area (Å²) in [4.78, 5) is 24.8. The highest BCUT2D eigenvalue weighted by Gasteiger charge is 2.39. The van der Waals surface area contributed by atoms with Crippen molar-refractivity contribution in [2.24, 2.45) is 5.73 Å². The number of H-pyrrole nitrogens is 1. The third-order valence-corrected chi connectivity index (χ3v) is 3.26. The van der Waals surface area contributed by atoms with Gasteiger partial charge in [0.05, 0.1) is 11.1 Å². The molecule has 6 nitrogen and oxygen atoms in total. The van der Waals surface area contributed by atoms with E-state index in [1.165, 1.54) is 0 Å². The monoisotopic (exact) mass is 469 g/mol. The van der Waals surface area contributed by atoms with E-state index in [4.69, 9.17) is 15.6 Å². The minimum Gasteiger partial charge on any atom is -0.475 e. The van der Waals surface area contributed by atoms with E-state index >= 15 is 0 Å². The zero-order valence-electron chi connectivity index (χ0n) is 14.5. The van der Waals surface area contributed by atoms with Crippen LogP contribution in [0.3, 0.4) is 0 Å². The summed E-state index contributed by atoms with van der Waals surface area (Å²) in [6, 6.07) is 1.27. The first kappa shape index (κ1) is 25.9. The zero-order chi connectivity index (χ0) is 24.4. The Morgan fingerprint density at radius 2 is 1.55 bits per heavy atom. The van der Waals surface area contributed by atoms with Gasteiger partial charge in [0.1, 0.15) is 11.6 Å². The fourth-order valence-corrected chi connectivity index (χ4v) is 1.97. The predicted octanol–water partition coefficient (Wildman–Crippen LogP) is 3.71. The Morgan fingerprint density at radius 1 is 1.03 bits per heavy atom. The van der Waals surface area contributed by atoms with Gasteiger partial charge in [-0.3, -0.25) is 4.79 Å². The van der Waals surface area contributed by atoms with E-state index in [-0.39, 0.29) is 11.6 Å². The predicted molar refractivity (Wildman–Crippen MR) is 81.8 cm³/mol. The van der Waals surface area contributed by atoms with Gasteiger partial charge in [0, 0.05) is 18.2 Å². The molecule has 0 radical (unpaired) electrons. The van der Waals surface area contributed by atoms with Gasteiger partial charge in [-0.25, -0.2) is 14.2 Å². The largest absolute Gasteiger partial charge is 0.490 e. The molecule has 1 aromatic carbocycles. The van der Waals surface area contributed by atoms with Crippen molar-refractivity contribution in [3.8, 4) is 11.4 Å². The molecule has 0 spiro atoms. The third-order valence-electron chi connectivity index (χ3n) is 3.26. The number of carboxylic acid groups (broad SMARTS) is 1. The number of rotatable bonds is 2. The number of aromatic amines is 1. The summed E-state index contributed by atoms with van der Waals surface area (Å²) in [5, 5.41) is 7.12. The van der Waals surface area contributed by atoms with E-state index in [2.05, 4.69) is 4.98 Å². The molecule has 0 saturated heterocycles. The Labute approximate surface area is 164 Å². The molecule has 0 aliphatic carbocycles. The lowest BCUT2D eigenvalue weighted by Crippen LogP contribution is -2.21. The van der Waals surface area contributed by atoms with Crippen molar-refractivity contribution in [3.05, 3.63) is 51.2 Å².